The van der Waals surface area contributed by atoms with E-state index in [1.807, 2.05) is 31.2 Å². The lowest BCUT2D eigenvalue weighted by atomic mass is 10.2. The fourth-order valence-corrected chi connectivity index (χ4v) is 1.84. The van der Waals surface area contributed by atoms with E-state index in [1.54, 1.807) is 0 Å². The van der Waals surface area contributed by atoms with Crippen LogP contribution in [0.15, 0.2) is 24.3 Å². The minimum absolute atomic E-state index is 0.0941. The molecule has 1 aromatic rings. The second kappa shape index (κ2) is 4.99. The molecule has 2 rings (SSSR count). The van der Waals surface area contributed by atoms with Crippen LogP contribution in [0.4, 0.5) is 0 Å². The first-order chi connectivity index (χ1) is 8.18. The molecule has 1 saturated heterocycles. The minimum Gasteiger partial charge on any atom is -0.491 e. The lowest BCUT2D eigenvalue weighted by Gasteiger charge is -2.15. The Labute approximate surface area is 100 Å². The lowest BCUT2D eigenvalue weighted by molar-refractivity contribution is -0.138. The molecule has 0 saturated carbocycles. The van der Waals surface area contributed by atoms with Gasteiger partial charge in [-0.05, 0) is 18.6 Å². The summed E-state index contributed by atoms with van der Waals surface area (Å²) < 4.78 is 5.55. The van der Waals surface area contributed by atoms with Gasteiger partial charge in [0.25, 0.3) is 0 Å². The highest BCUT2D eigenvalue weighted by Gasteiger charge is 2.28. The Morgan fingerprint density at radius 3 is 2.47 bits per heavy atom. The fraction of sp³-hybridized carbons (Fsp3) is 0.385. The summed E-state index contributed by atoms with van der Waals surface area (Å²) in [6.45, 7) is 2.65. The third kappa shape index (κ3) is 2.64. The van der Waals surface area contributed by atoms with Gasteiger partial charge in [0, 0.05) is 12.8 Å². The van der Waals surface area contributed by atoms with Gasteiger partial charge in [-0.25, -0.2) is 0 Å². The van der Waals surface area contributed by atoms with Crippen LogP contribution in [-0.2, 0) is 9.59 Å². The molecule has 17 heavy (non-hydrogen) atoms. The predicted molar refractivity (Wildman–Crippen MR) is 62.6 cm³/mol. The average Bonchev–Trinajstić information content (AvgIpc) is 2.63. The van der Waals surface area contributed by atoms with Crippen LogP contribution in [0.2, 0.25) is 0 Å². The molecule has 0 aromatic heterocycles. The van der Waals surface area contributed by atoms with Crippen molar-refractivity contribution in [1.82, 2.24) is 4.90 Å². The molecule has 0 bridgehead atoms. The van der Waals surface area contributed by atoms with Crippen LogP contribution in [0.5, 0.6) is 5.75 Å². The van der Waals surface area contributed by atoms with Gasteiger partial charge in [-0.2, -0.15) is 0 Å². The van der Waals surface area contributed by atoms with Crippen molar-refractivity contribution in [2.75, 3.05) is 13.2 Å². The van der Waals surface area contributed by atoms with E-state index in [-0.39, 0.29) is 11.8 Å². The zero-order chi connectivity index (χ0) is 12.3. The maximum Gasteiger partial charge on any atom is 0.229 e. The number of imide groups is 1. The smallest absolute Gasteiger partial charge is 0.229 e. The van der Waals surface area contributed by atoms with Gasteiger partial charge in [-0.15, -0.1) is 0 Å². The fourth-order valence-electron chi connectivity index (χ4n) is 1.84. The van der Waals surface area contributed by atoms with Gasteiger partial charge in [0.05, 0.1) is 6.54 Å². The highest BCUT2D eigenvalue weighted by atomic mass is 16.5. The largest absolute Gasteiger partial charge is 0.491 e. The normalized spacial score (nSPS) is 15.5. The maximum absolute atomic E-state index is 11.3. The first-order valence-corrected chi connectivity index (χ1v) is 5.70. The summed E-state index contributed by atoms with van der Waals surface area (Å²) in [5.41, 5.74) is 1.05. The minimum atomic E-state index is -0.0941. The number of hydrogen-bond acceptors (Lipinski definition) is 3. The quantitative estimate of drug-likeness (QED) is 0.741. The number of rotatable bonds is 4. The van der Waals surface area contributed by atoms with Crippen LogP contribution in [0.1, 0.15) is 18.4 Å². The van der Waals surface area contributed by atoms with E-state index in [4.69, 9.17) is 4.74 Å². The Bertz CT molecular complexity index is 426. The molecular weight excluding hydrogens is 218 g/mol. The molecule has 90 valence electrons. The van der Waals surface area contributed by atoms with Crippen LogP contribution in [0.3, 0.4) is 0 Å². The number of hydrogen-bond donors (Lipinski definition) is 0. The first-order valence-electron chi connectivity index (χ1n) is 5.70. The molecule has 1 aromatic carbocycles. The van der Waals surface area contributed by atoms with Crippen molar-refractivity contribution in [1.29, 1.82) is 0 Å². The van der Waals surface area contributed by atoms with Crippen molar-refractivity contribution in [3.63, 3.8) is 0 Å². The van der Waals surface area contributed by atoms with Gasteiger partial charge < -0.3 is 4.74 Å². The standard InChI is InChI=1S/C13H15NO3/c1-10-4-2-3-5-11(10)17-9-8-14-12(15)6-7-13(14)16/h2-5H,6-9H2,1H3. The van der Waals surface area contributed by atoms with E-state index in [0.717, 1.165) is 11.3 Å². The number of para-hydroxylation sites is 1. The van der Waals surface area contributed by atoms with Crippen molar-refractivity contribution in [3.05, 3.63) is 29.8 Å². The summed E-state index contributed by atoms with van der Waals surface area (Å²) in [6, 6.07) is 7.68. The Hall–Kier alpha value is -1.84. The Balaban J connectivity index is 1.86. The molecule has 0 N–H and O–H groups in total. The van der Waals surface area contributed by atoms with Gasteiger partial charge in [0.15, 0.2) is 0 Å². The number of ether oxygens (including phenoxy) is 1. The molecule has 1 heterocycles. The molecular formula is C13H15NO3. The summed E-state index contributed by atoms with van der Waals surface area (Å²) in [4.78, 5) is 24.0. The molecule has 1 aliphatic heterocycles. The molecule has 4 nitrogen and oxygen atoms in total. The lowest BCUT2D eigenvalue weighted by Crippen LogP contribution is -2.33. The summed E-state index contributed by atoms with van der Waals surface area (Å²) in [7, 11) is 0. The number of likely N-dealkylation sites (tertiary alicyclic amines) is 1. The van der Waals surface area contributed by atoms with Crippen LogP contribution >= 0.6 is 0 Å². The molecule has 1 aliphatic rings. The monoisotopic (exact) mass is 233 g/mol. The van der Waals surface area contributed by atoms with E-state index < -0.39 is 0 Å². The van der Waals surface area contributed by atoms with Crippen molar-refractivity contribution in [2.45, 2.75) is 19.8 Å². The highest BCUT2D eigenvalue weighted by Crippen LogP contribution is 2.16. The molecule has 2 amide bonds. The van der Waals surface area contributed by atoms with Crippen molar-refractivity contribution < 1.29 is 14.3 Å². The third-order valence-electron chi connectivity index (χ3n) is 2.82. The third-order valence-corrected chi connectivity index (χ3v) is 2.82. The molecule has 0 spiro atoms. The first kappa shape index (κ1) is 11.6. The van der Waals surface area contributed by atoms with Crippen LogP contribution in [0, 0.1) is 6.92 Å². The Kier molecular flexibility index (Phi) is 3.42. The molecule has 1 fully saturated rings. The van der Waals surface area contributed by atoms with Gasteiger partial charge in [-0.1, -0.05) is 18.2 Å². The van der Waals surface area contributed by atoms with E-state index in [2.05, 4.69) is 0 Å². The van der Waals surface area contributed by atoms with Gasteiger partial charge in [0.2, 0.25) is 11.8 Å². The zero-order valence-electron chi connectivity index (χ0n) is 9.81. The maximum atomic E-state index is 11.3. The number of aryl methyl sites for hydroxylation is 1. The molecule has 0 atom stereocenters. The second-order valence-corrected chi connectivity index (χ2v) is 4.05. The van der Waals surface area contributed by atoms with Crippen LogP contribution in [0.25, 0.3) is 0 Å². The van der Waals surface area contributed by atoms with Crippen LogP contribution in [-0.4, -0.2) is 29.9 Å². The number of amides is 2. The molecule has 0 radical (unpaired) electrons. The molecule has 0 aliphatic carbocycles. The van der Waals surface area contributed by atoms with Crippen molar-refractivity contribution in [2.24, 2.45) is 0 Å². The molecule has 0 unspecified atom stereocenters. The number of nitrogens with zero attached hydrogens (tertiary/aromatic N) is 1. The topological polar surface area (TPSA) is 46.6 Å². The van der Waals surface area contributed by atoms with E-state index in [0.29, 0.717) is 26.0 Å². The van der Waals surface area contributed by atoms with E-state index in [9.17, 15) is 9.59 Å². The SMILES string of the molecule is Cc1ccccc1OCCN1C(=O)CCC1=O. The van der Waals surface area contributed by atoms with E-state index >= 15 is 0 Å². The Morgan fingerprint density at radius 2 is 1.82 bits per heavy atom. The summed E-state index contributed by atoms with van der Waals surface area (Å²) >= 11 is 0. The second-order valence-electron chi connectivity index (χ2n) is 4.05. The Morgan fingerprint density at radius 1 is 1.18 bits per heavy atom. The van der Waals surface area contributed by atoms with Gasteiger partial charge >= 0.3 is 0 Å². The average molecular weight is 233 g/mol. The summed E-state index contributed by atoms with van der Waals surface area (Å²) in [6.07, 6.45) is 0.673. The number of carbonyl (C=O) groups excluding carboxylic acids is 2. The number of benzene rings is 1. The van der Waals surface area contributed by atoms with Gasteiger partial charge in [-0.3, -0.25) is 14.5 Å². The van der Waals surface area contributed by atoms with Crippen LogP contribution < -0.4 is 4.74 Å². The van der Waals surface area contributed by atoms with Gasteiger partial charge in [0.1, 0.15) is 12.4 Å². The van der Waals surface area contributed by atoms with E-state index in [1.165, 1.54) is 4.90 Å². The molecule has 4 heteroatoms. The highest BCUT2D eigenvalue weighted by molar-refractivity contribution is 6.01. The summed E-state index contributed by atoms with van der Waals surface area (Å²) in [5, 5.41) is 0. The summed E-state index contributed by atoms with van der Waals surface area (Å²) in [5.74, 6) is 0.610. The predicted octanol–water partition coefficient (Wildman–Crippen LogP) is 1.52. The van der Waals surface area contributed by atoms with Crippen molar-refractivity contribution >= 4 is 11.8 Å². The number of carbonyl (C=O) groups is 2. The van der Waals surface area contributed by atoms with Crippen molar-refractivity contribution in [3.8, 4) is 5.75 Å². The zero-order valence-corrected chi connectivity index (χ0v) is 9.81.